The van der Waals surface area contributed by atoms with Crippen molar-refractivity contribution in [3.05, 3.63) is 70.7 Å². The first-order chi connectivity index (χ1) is 16.5. The van der Waals surface area contributed by atoms with Gasteiger partial charge in [-0.2, -0.15) is 5.10 Å². The van der Waals surface area contributed by atoms with E-state index in [2.05, 4.69) is 25.0 Å². The van der Waals surface area contributed by atoms with Gasteiger partial charge in [-0.1, -0.05) is 18.2 Å². The molecule has 0 saturated carbocycles. The maximum absolute atomic E-state index is 14.2. The molecule has 2 N–H and O–H groups in total. The molecule has 12 heteroatoms. The molecule has 1 fully saturated rings. The van der Waals surface area contributed by atoms with Crippen molar-refractivity contribution in [2.45, 2.75) is 12.6 Å². The van der Waals surface area contributed by atoms with Gasteiger partial charge in [0.15, 0.2) is 17.1 Å². The summed E-state index contributed by atoms with van der Waals surface area (Å²) in [6, 6.07) is 9.79. The molecule has 6 rings (SSSR count). The van der Waals surface area contributed by atoms with Gasteiger partial charge in [0.1, 0.15) is 17.0 Å². The number of carbonyl (C=O) groups is 1. The van der Waals surface area contributed by atoms with Crippen LogP contribution in [0.3, 0.4) is 0 Å². The Labute approximate surface area is 190 Å². The van der Waals surface area contributed by atoms with Crippen molar-refractivity contribution in [3.8, 4) is 11.5 Å². The van der Waals surface area contributed by atoms with Gasteiger partial charge in [0, 0.05) is 24.8 Å². The summed E-state index contributed by atoms with van der Waals surface area (Å²) in [4.78, 5) is 40.9. The average Bonchev–Trinajstić information content (AvgIpc) is 3.31. The van der Waals surface area contributed by atoms with E-state index >= 15 is 0 Å². The van der Waals surface area contributed by atoms with E-state index in [1.165, 1.54) is 21.7 Å². The molecule has 11 nitrogen and oxygen atoms in total. The number of fused-ring (bicyclic) bond motifs is 2. The third-order valence-corrected chi connectivity index (χ3v) is 5.97. The van der Waals surface area contributed by atoms with Crippen molar-refractivity contribution in [2.24, 2.45) is 0 Å². The Bertz CT molecular complexity index is 1630. The van der Waals surface area contributed by atoms with Crippen LogP contribution < -0.4 is 5.69 Å². The van der Waals surface area contributed by atoms with Gasteiger partial charge in [0.2, 0.25) is 0 Å². The van der Waals surface area contributed by atoms with Gasteiger partial charge < -0.3 is 10.0 Å². The highest BCUT2D eigenvalue weighted by atomic mass is 19.1. The number of hydrogen-bond acceptors (Lipinski definition) is 6. The first kappa shape index (κ1) is 20.0. The number of halogens is 1. The van der Waals surface area contributed by atoms with E-state index in [0.717, 1.165) is 0 Å². The molecule has 0 unspecified atom stereocenters. The quantitative estimate of drug-likeness (QED) is 0.420. The smallest absolute Gasteiger partial charge is 0.407 e. The fraction of sp³-hybridized carbons (Fsp3) is 0.182. The zero-order valence-corrected chi connectivity index (χ0v) is 17.6. The maximum Gasteiger partial charge on any atom is 0.407 e. The summed E-state index contributed by atoms with van der Waals surface area (Å²) in [6.07, 6.45) is 2.14. The SMILES string of the molecule is O=C(O)N1CC(n2c(=O)[nH]c3nc(-c4nn(Cc5ccccc5F)c5ncccc45)ncc32)C1. The van der Waals surface area contributed by atoms with Crippen molar-refractivity contribution < 1.29 is 14.3 Å². The second-order valence-corrected chi connectivity index (χ2v) is 8.04. The van der Waals surface area contributed by atoms with E-state index in [-0.39, 0.29) is 43.0 Å². The highest BCUT2D eigenvalue weighted by Crippen LogP contribution is 2.27. The minimum atomic E-state index is -1.02. The molecule has 1 aliphatic heterocycles. The number of carboxylic acid groups (broad SMARTS) is 1. The summed E-state index contributed by atoms with van der Waals surface area (Å²) in [5.41, 5.74) is 1.90. The standard InChI is InChI=1S/C22H17FN8O3/c23-15-6-2-1-4-12(15)9-30-20-14(5-3-7-24-20)17(28-30)19-25-8-16-18(26-19)27-21(32)31(16)13-10-29(11-13)22(33)34/h1-8,13H,9-11H2,(H,33,34)(H,25,26,27,32). The van der Waals surface area contributed by atoms with Crippen LogP contribution in [0.5, 0.6) is 0 Å². The van der Waals surface area contributed by atoms with Crippen molar-refractivity contribution in [2.75, 3.05) is 13.1 Å². The number of amides is 1. The Balaban J connectivity index is 1.41. The molecule has 34 heavy (non-hydrogen) atoms. The lowest BCUT2D eigenvalue weighted by Crippen LogP contribution is -2.52. The third-order valence-electron chi connectivity index (χ3n) is 5.97. The summed E-state index contributed by atoms with van der Waals surface area (Å²) < 4.78 is 17.3. The van der Waals surface area contributed by atoms with Crippen LogP contribution in [0.4, 0.5) is 9.18 Å². The summed E-state index contributed by atoms with van der Waals surface area (Å²) in [5.74, 6) is -0.0513. The van der Waals surface area contributed by atoms with Crippen LogP contribution in [0, 0.1) is 5.82 Å². The number of rotatable bonds is 4. The van der Waals surface area contributed by atoms with Crippen molar-refractivity contribution >= 4 is 28.3 Å². The minimum absolute atomic E-state index is 0.178. The van der Waals surface area contributed by atoms with Gasteiger partial charge in [-0.25, -0.2) is 33.6 Å². The van der Waals surface area contributed by atoms with Gasteiger partial charge in [-0.05, 0) is 18.2 Å². The van der Waals surface area contributed by atoms with E-state index in [1.807, 2.05) is 6.07 Å². The van der Waals surface area contributed by atoms with Crippen LogP contribution in [0.1, 0.15) is 11.6 Å². The fourth-order valence-corrected chi connectivity index (χ4v) is 4.24. The van der Waals surface area contributed by atoms with Gasteiger partial charge in [0.25, 0.3) is 0 Å². The Morgan fingerprint density at radius 2 is 2.00 bits per heavy atom. The summed E-state index contributed by atoms with van der Waals surface area (Å²) in [7, 11) is 0. The lowest BCUT2D eigenvalue weighted by molar-refractivity contribution is 0.0859. The molecule has 0 aliphatic carbocycles. The first-order valence-corrected chi connectivity index (χ1v) is 10.5. The monoisotopic (exact) mass is 460 g/mol. The van der Waals surface area contributed by atoms with Crippen LogP contribution in [-0.2, 0) is 6.54 Å². The van der Waals surface area contributed by atoms with Crippen molar-refractivity contribution in [1.29, 1.82) is 0 Å². The predicted molar refractivity (Wildman–Crippen MR) is 119 cm³/mol. The van der Waals surface area contributed by atoms with Crippen molar-refractivity contribution in [1.82, 2.24) is 39.2 Å². The Morgan fingerprint density at radius 1 is 1.18 bits per heavy atom. The maximum atomic E-state index is 14.2. The molecule has 1 aliphatic rings. The highest BCUT2D eigenvalue weighted by Gasteiger charge is 2.34. The summed E-state index contributed by atoms with van der Waals surface area (Å²) in [6.45, 7) is 0.624. The van der Waals surface area contributed by atoms with Crippen molar-refractivity contribution in [3.63, 3.8) is 0 Å². The molecular weight excluding hydrogens is 443 g/mol. The first-order valence-electron chi connectivity index (χ1n) is 10.5. The Morgan fingerprint density at radius 3 is 2.79 bits per heavy atom. The molecule has 1 amide bonds. The molecule has 0 atom stereocenters. The largest absolute Gasteiger partial charge is 0.465 e. The van der Waals surface area contributed by atoms with Crippen LogP contribution in [-0.4, -0.2) is 63.5 Å². The molecule has 0 radical (unpaired) electrons. The number of benzene rings is 1. The number of nitrogens with zero attached hydrogens (tertiary/aromatic N) is 7. The number of aromatic nitrogens is 7. The van der Waals surface area contributed by atoms with Gasteiger partial charge in [-0.15, -0.1) is 0 Å². The van der Waals surface area contributed by atoms with E-state index in [9.17, 15) is 14.0 Å². The molecule has 4 aromatic heterocycles. The number of H-pyrrole nitrogens is 1. The third kappa shape index (κ3) is 3.10. The Hall–Kier alpha value is -4.61. The predicted octanol–water partition coefficient (Wildman–Crippen LogP) is 2.25. The molecular formula is C22H17FN8O3. The number of aromatic amines is 1. The zero-order valence-electron chi connectivity index (χ0n) is 17.6. The molecule has 170 valence electrons. The minimum Gasteiger partial charge on any atom is -0.465 e. The van der Waals surface area contributed by atoms with E-state index < -0.39 is 6.09 Å². The molecule has 1 saturated heterocycles. The molecule has 5 heterocycles. The van der Waals surface area contributed by atoms with E-state index in [0.29, 0.717) is 33.5 Å². The number of hydrogen-bond donors (Lipinski definition) is 2. The number of pyridine rings is 1. The lowest BCUT2D eigenvalue weighted by atomic mass is 10.1. The van der Waals surface area contributed by atoms with Gasteiger partial charge >= 0.3 is 11.8 Å². The molecule has 0 bridgehead atoms. The van der Waals surface area contributed by atoms with Crippen LogP contribution in [0.2, 0.25) is 0 Å². The number of likely N-dealkylation sites (tertiary alicyclic amines) is 1. The second-order valence-electron chi connectivity index (χ2n) is 8.04. The molecule has 1 aromatic carbocycles. The summed E-state index contributed by atoms with van der Waals surface area (Å²) >= 11 is 0. The fourth-order valence-electron chi connectivity index (χ4n) is 4.24. The number of imidazole rings is 1. The van der Waals surface area contributed by atoms with E-state index in [1.54, 1.807) is 35.1 Å². The average molecular weight is 460 g/mol. The molecule has 5 aromatic rings. The van der Waals surface area contributed by atoms with E-state index in [4.69, 9.17) is 5.11 Å². The Kier molecular flexibility index (Phi) is 4.40. The van der Waals surface area contributed by atoms with Gasteiger partial charge in [0.05, 0.1) is 24.2 Å². The topological polar surface area (TPSA) is 135 Å². The van der Waals surface area contributed by atoms with Crippen LogP contribution in [0.25, 0.3) is 33.7 Å². The van der Waals surface area contributed by atoms with Gasteiger partial charge in [-0.3, -0.25) is 9.55 Å². The normalized spacial score (nSPS) is 14.1. The highest BCUT2D eigenvalue weighted by molar-refractivity contribution is 5.90. The van der Waals surface area contributed by atoms with Crippen LogP contribution >= 0.6 is 0 Å². The lowest BCUT2D eigenvalue weighted by Gasteiger charge is -2.37. The summed E-state index contributed by atoms with van der Waals surface area (Å²) in [5, 5.41) is 14.4. The van der Waals surface area contributed by atoms with Crippen LogP contribution in [0.15, 0.2) is 53.6 Å². The molecule has 0 spiro atoms. The number of nitrogens with one attached hydrogen (secondary N) is 1. The zero-order chi connectivity index (χ0) is 23.4. The second kappa shape index (κ2) is 7.47.